The van der Waals surface area contributed by atoms with E-state index in [2.05, 4.69) is 4.98 Å². The van der Waals surface area contributed by atoms with Crippen molar-refractivity contribution >= 4 is 16.9 Å². The normalized spacial score (nSPS) is 19.2. The maximum Gasteiger partial charge on any atom is 0.311 e. The third-order valence-electron chi connectivity index (χ3n) is 3.47. The lowest BCUT2D eigenvalue weighted by Gasteiger charge is -2.19. The highest BCUT2D eigenvalue weighted by Gasteiger charge is 2.29. The first-order valence-electron chi connectivity index (χ1n) is 5.73. The zero-order chi connectivity index (χ0) is 12.0. The smallest absolute Gasteiger partial charge is 0.311 e. The molecule has 4 nitrogen and oxygen atoms in total. The molecule has 1 aliphatic carbocycles. The molecule has 2 aromatic rings. The fourth-order valence-corrected chi connectivity index (χ4v) is 2.73. The van der Waals surface area contributed by atoms with Crippen molar-refractivity contribution in [3.63, 3.8) is 0 Å². The van der Waals surface area contributed by atoms with Crippen molar-refractivity contribution in [2.75, 3.05) is 0 Å². The number of phenols is 1. The highest BCUT2D eigenvalue weighted by Crippen LogP contribution is 2.38. The summed E-state index contributed by atoms with van der Waals surface area (Å²) < 4.78 is 0. The summed E-state index contributed by atoms with van der Waals surface area (Å²) in [5.74, 6) is -1.06. The number of aromatic nitrogens is 1. The Morgan fingerprint density at radius 3 is 3.00 bits per heavy atom. The Kier molecular flexibility index (Phi) is 2.11. The van der Waals surface area contributed by atoms with E-state index in [4.69, 9.17) is 0 Å². The topological polar surface area (TPSA) is 73.3 Å². The molecular weight excluding hydrogens is 218 g/mol. The van der Waals surface area contributed by atoms with Gasteiger partial charge in [-0.3, -0.25) is 4.79 Å². The van der Waals surface area contributed by atoms with Crippen LogP contribution in [0.25, 0.3) is 10.9 Å². The Morgan fingerprint density at radius 2 is 2.24 bits per heavy atom. The van der Waals surface area contributed by atoms with Crippen molar-refractivity contribution in [1.82, 2.24) is 4.98 Å². The number of H-pyrrole nitrogens is 1. The second-order valence-electron chi connectivity index (χ2n) is 4.53. The lowest BCUT2D eigenvalue weighted by Crippen LogP contribution is -2.17. The molecule has 4 heteroatoms. The molecule has 88 valence electrons. The van der Waals surface area contributed by atoms with Gasteiger partial charge in [0, 0.05) is 16.6 Å². The van der Waals surface area contributed by atoms with Gasteiger partial charge in [0.25, 0.3) is 0 Å². The second kappa shape index (κ2) is 3.52. The maximum atomic E-state index is 11.3. The average Bonchev–Trinajstić information content (AvgIpc) is 2.66. The van der Waals surface area contributed by atoms with E-state index in [0.29, 0.717) is 6.42 Å². The molecule has 1 heterocycles. The van der Waals surface area contributed by atoms with E-state index in [1.54, 1.807) is 18.2 Å². The highest BCUT2D eigenvalue weighted by atomic mass is 16.4. The lowest BCUT2D eigenvalue weighted by molar-refractivity contribution is -0.139. The van der Waals surface area contributed by atoms with Gasteiger partial charge < -0.3 is 15.2 Å². The molecule has 0 amide bonds. The molecule has 1 aromatic heterocycles. The fourth-order valence-electron chi connectivity index (χ4n) is 2.73. The first-order chi connectivity index (χ1) is 8.16. The number of phenolic OH excluding ortho intramolecular Hbond substituents is 1. The number of rotatable bonds is 1. The number of aromatic hydroxyl groups is 1. The molecule has 1 aromatic carbocycles. The van der Waals surface area contributed by atoms with Crippen molar-refractivity contribution < 1.29 is 15.0 Å². The third kappa shape index (κ3) is 1.48. The molecule has 0 radical (unpaired) electrons. The molecule has 0 spiro atoms. The quantitative estimate of drug-likeness (QED) is 0.705. The number of hydrogen-bond acceptors (Lipinski definition) is 2. The lowest BCUT2D eigenvalue weighted by atomic mass is 9.85. The summed E-state index contributed by atoms with van der Waals surface area (Å²) in [6.07, 6.45) is 2.45. The van der Waals surface area contributed by atoms with E-state index in [1.807, 2.05) is 0 Å². The van der Waals surface area contributed by atoms with Crippen LogP contribution in [0.15, 0.2) is 18.2 Å². The van der Waals surface area contributed by atoms with Gasteiger partial charge in [-0.2, -0.15) is 0 Å². The van der Waals surface area contributed by atoms with Gasteiger partial charge in [0.1, 0.15) is 5.75 Å². The van der Waals surface area contributed by atoms with Crippen molar-refractivity contribution in [2.45, 2.75) is 25.2 Å². The molecule has 1 aliphatic rings. The van der Waals surface area contributed by atoms with Crippen LogP contribution in [0.5, 0.6) is 5.75 Å². The minimum atomic E-state index is -0.782. The number of nitrogens with one attached hydrogen (secondary N) is 1. The molecule has 0 aliphatic heterocycles. The predicted molar refractivity (Wildman–Crippen MR) is 63.3 cm³/mol. The molecule has 17 heavy (non-hydrogen) atoms. The van der Waals surface area contributed by atoms with Crippen LogP contribution in [0.3, 0.4) is 0 Å². The fraction of sp³-hybridized carbons (Fsp3) is 0.308. The largest absolute Gasteiger partial charge is 0.508 e. The summed E-state index contributed by atoms with van der Waals surface area (Å²) in [5.41, 5.74) is 2.76. The van der Waals surface area contributed by atoms with Crippen LogP contribution in [0.2, 0.25) is 0 Å². The van der Waals surface area contributed by atoms with E-state index in [9.17, 15) is 15.0 Å². The first-order valence-corrected chi connectivity index (χ1v) is 5.73. The summed E-state index contributed by atoms with van der Waals surface area (Å²) in [5, 5.41) is 19.6. The summed E-state index contributed by atoms with van der Waals surface area (Å²) >= 11 is 0. The van der Waals surface area contributed by atoms with Crippen molar-refractivity contribution in [2.24, 2.45) is 0 Å². The van der Waals surface area contributed by atoms with Gasteiger partial charge in [-0.15, -0.1) is 0 Å². The van der Waals surface area contributed by atoms with Gasteiger partial charge in [-0.25, -0.2) is 0 Å². The van der Waals surface area contributed by atoms with Crippen LogP contribution < -0.4 is 0 Å². The number of aliphatic carboxylic acids is 1. The monoisotopic (exact) mass is 231 g/mol. The van der Waals surface area contributed by atoms with Gasteiger partial charge in [-0.05, 0) is 43.0 Å². The Hall–Kier alpha value is -1.97. The summed E-state index contributed by atoms with van der Waals surface area (Å²) in [7, 11) is 0. The molecule has 0 saturated heterocycles. The van der Waals surface area contributed by atoms with Crippen LogP contribution in [0, 0.1) is 0 Å². The number of aromatic amines is 1. The Labute approximate surface area is 97.9 Å². The van der Waals surface area contributed by atoms with Crippen molar-refractivity contribution in [1.29, 1.82) is 0 Å². The number of carboxylic acids is 1. The summed E-state index contributed by atoms with van der Waals surface area (Å²) in [6, 6.07) is 5.05. The minimum Gasteiger partial charge on any atom is -0.508 e. The Morgan fingerprint density at radius 1 is 1.41 bits per heavy atom. The van der Waals surface area contributed by atoms with Crippen molar-refractivity contribution in [3.8, 4) is 5.75 Å². The zero-order valence-corrected chi connectivity index (χ0v) is 9.23. The first kappa shape index (κ1) is 10.2. The van der Waals surface area contributed by atoms with Crippen LogP contribution in [0.4, 0.5) is 0 Å². The summed E-state index contributed by atoms with van der Waals surface area (Å²) in [6.45, 7) is 0. The van der Waals surface area contributed by atoms with E-state index < -0.39 is 11.9 Å². The number of fused-ring (bicyclic) bond motifs is 3. The number of aryl methyl sites for hydroxylation is 1. The van der Waals surface area contributed by atoms with Gasteiger partial charge in [-0.1, -0.05) is 0 Å². The molecule has 3 N–H and O–H groups in total. The minimum absolute atomic E-state index is 0.175. The Bertz CT molecular complexity index is 600. The molecule has 0 bridgehead atoms. The number of carbonyl (C=O) groups is 1. The second-order valence-corrected chi connectivity index (χ2v) is 4.53. The summed E-state index contributed by atoms with van der Waals surface area (Å²) in [4.78, 5) is 14.5. The van der Waals surface area contributed by atoms with Gasteiger partial charge in [0.2, 0.25) is 0 Å². The molecule has 0 fully saturated rings. The van der Waals surface area contributed by atoms with E-state index in [-0.39, 0.29) is 5.75 Å². The molecule has 3 rings (SSSR count). The van der Waals surface area contributed by atoms with Gasteiger partial charge in [0.05, 0.1) is 5.92 Å². The zero-order valence-electron chi connectivity index (χ0n) is 9.23. The SMILES string of the molecule is O=C(O)C1CCCc2[nH]c3ccc(O)cc3c21. The van der Waals surface area contributed by atoms with Crippen LogP contribution in [0.1, 0.15) is 30.0 Å². The predicted octanol–water partition coefficient (Wildman–Crippen LogP) is 2.38. The highest BCUT2D eigenvalue weighted by molar-refractivity contribution is 5.91. The van der Waals surface area contributed by atoms with Gasteiger partial charge >= 0.3 is 5.97 Å². The number of carboxylic acid groups (broad SMARTS) is 1. The molecule has 1 atom stereocenters. The van der Waals surface area contributed by atoms with Crippen LogP contribution in [-0.4, -0.2) is 21.2 Å². The van der Waals surface area contributed by atoms with Crippen molar-refractivity contribution in [3.05, 3.63) is 29.5 Å². The van der Waals surface area contributed by atoms with Gasteiger partial charge in [0.15, 0.2) is 0 Å². The van der Waals surface area contributed by atoms with Crippen LogP contribution >= 0.6 is 0 Å². The number of benzene rings is 1. The van der Waals surface area contributed by atoms with E-state index in [0.717, 1.165) is 35.0 Å². The third-order valence-corrected chi connectivity index (χ3v) is 3.47. The molecule has 1 unspecified atom stereocenters. The van der Waals surface area contributed by atoms with E-state index >= 15 is 0 Å². The van der Waals surface area contributed by atoms with Crippen LogP contribution in [-0.2, 0) is 11.2 Å². The average molecular weight is 231 g/mol. The molecule has 0 saturated carbocycles. The maximum absolute atomic E-state index is 11.3. The standard InChI is InChI=1S/C13H13NO3/c15-7-4-5-10-9(6-7)12-8(13(16)17)2-1-3-11(12)14-10/h4-6,8,14-15H,1-3H2,(H,16,17). The number of hydrogen-bond donors (Lipinski definition) is 3. The van der Waals surface area contributed by atoms with E-state index in [1.165, 1.54) is 0 Å². The molecular formula is C13H13NO3. The Balaban J connectivity index is 2.29.